The number of nitrogens with one attached hydrogen (secondary N) is 1. The normalized spacial score (nSPS) is 24.5. The van der Waals surface area contributed by atoms with Crippen molar-refractivity contribution in [1.82, 2.24) is 19.9 Å². The van der Waals surface area contributed by atoms with Crippen LogP contribution >= 0.6 is 0 Å². The highest BCUT2D eigenvalue weighted by atomic mass is 16.6. The van der Waals surface area contributed by atoms with E-state index in [4.69, 9.17) is 4.74 Å². The van der Waals surface area contributed by atoms with Gasteiger partial charge in [-0.05, 0) is 68.7 Å². The van der Waals surface area contributed by atoms with Crippen molar-refractivity contribution in [3.8, 4) is 11.4 Å². The quantitative estimate of drug-likeness (QED) is 0.623. The summed E-state index contributed by atoms with van der Waals surface area (Å²) in [4.78, 5) is 38.5. The maximum absolute atomic E-state index is 12.9. The van der Waals surface area contributed by atoms with Crippen LogP contribution in [0.15, 0.2) is 65.8 Å². The molecule has 7 nitrogen and oxygen atoms in total. The number of benzene rings is 1. The van der Waals surface area contributed by atoms with E-state index in [1.807, 2.05) is 43.0 Å². The molecule has 1 aromatic carbocycles. The molecular weight excluding hydrogens is 416 g/mol. The Labute approximate surface area is 192 Å². The standard InChI is InChI=1S/C26H28N4O3/c1-26(2)22(18-7-4-3-5-8-18)30(25(32)33-26)20-11-9-17(10-12-20)19-15-21(24(31)29-16-19)23-27-13-6-14-28-23/h3-8,13-17,20,22H,9-12H2,1-2H3,(H,29,31)/t17-,20+,22-/m0/s1. The van der Waals surface area contributed by atoms with Crippen LogP contribution in [0.5, 0.6) is 0 Å². The first-order valence-corrected chi connectivity index (χ1v) is 11.5. The van der Waals surface area contributed by atoms with Gasteiger partial charge in [0.15, 0.2) is 5.82 Å². The lowest BCUT2D eigenvalue weighted by Crippen LogP contribution is -2.42. The lowest BCUT2D eigenvalue weighted by Gasteiger charge is -2.38. The Morgan fingerprint density at radius 1 is 0.970 bits per heavy atom. The molecule has 1 aliphatic heterocycles. The number of amides is 1. The van der Waals surface area contributed by atoms with E-state index >= 15 is 0 Å². The van der Waals surface area contributed by atoms with Gasteiger partial charge in [-0.3, -0.25) is 9.69 Å². The van der Waals surface area contributed by atoms with Gasteiger partial charge in [0.1, 0.15) is 5.60 Å². The Balaban J connectivity index is 1.35. The third kappa shape index (κ3) is 4.03. The van der Waals surface area contributed by atoms with Crippen LogP contribution in [-0.2, 0) is 4.74 Å². The Morgan fingerprint density at radius 2 is 1.67 bits per heavy atom. The average Bonchev–Trinajstić information content (AvgIpc) is 3.08. The third-order valence-corrected chi connectivity index (χ3v) is 6.91. The zero-order chi connectivity index (χ0) is 23.0. The van der Waals surface area contributed by atoms with E-state index in [0.717, 1.165) is 36.8 Å². The van der Waals surface area contributed by atoms with Crippen LogP contribution < -0.4 is 5.56 Å². The average molecular weight is 445 g/mol. The summed E-state index contributed by atoms with van der Waals surface area (Å²) < 4.78 is 5.80. The summed E-state index contributed by atoms with van der Waals surface area (Å²) in [6.45, 7) is 3.98. The van der Waals surface area contributed by atoms with Gasteiger partial charge in [0, 0.05) is 24.6 Å². The number of hydrogen-bond acceptors (Lipinski definition) is 5. The first-order valence-electron chi connectivity index (χ1n) is 11.5. The molecule has 1 saturated heterocycles. The number of hydrogen-bond donors (Lipinski definition) is 1. The van der Waals surface area contributed by atoms with Gasteiger partial charge in [0.2, 0.25) is 0 Å². The molecule has 7 heteroatoms. The van der Waals surface area contributed by atoms with Gasteiger partial charge in [0.05, 0.1) is 11.6 Å². The van der Waals surface area contributed by atoms with E-state index in [1.54, 1.807) is 24.7 Å². The van der Waals surface area contributed by atoms with Crippen molar-refractivity contribution in [2.75, 3.05) is 0 Å². The molecule has 1 aliphatic carbocycles. The number of carbonyl (C=O) groups excluding carboxylic acids is 1. The molecule has 0 unspecified atom stereocenters. The van der Waals surface area contributed by atoms with Crippen LogP contribution in [0.1, 0.15) is 62.6 Å². The fourth-order valence-electron chi connectivity index (χ4n) is 5.36. The first-order chi connectivity index (χ1) is 15.9. The smallest absolute Gasteiger partial charge is 0.411 e. The van der Waals surface area contributed by atoms with Gasteiger partial charge in [-0.25, -0.2) is 14.8 Å². The minimum atomic E-state index is -0.585. The number of H-pyrrole nitrogens is 1. The molecule has 0 radical (unpaired) electrons. The fraction of sp³-hybridized carbons (Fsp3) is 0.385. The minimum Gasteiger partial charge on any atom is -0.441 e. The molecule has 2 aliphatic rings. The molecule has 1 amide bonds. The number of rotatable bonds is 4. The van der Waals surface area contributed by atoms with Crippen LogP contribution in [0.3, 0.4) is 0 Å². The summed E-state index contributed by atoms with van der Waals surface area (Å²) >= 11 is 0. The highest BCUT2D eigenvalue weighted by molar-refractivity contribution is 5.72. The summed E-state index contributed by atoms with van der Waals surface area (Å²) in [5.41, 5.74) is 1.90. The molecule has 3 aromatic rings. The Kier molecular flexibility index (Phi) is 5.48. The molecule has 1 atom stereocenters. The predicted molar refractivity (Wildman–Crippen MR) is 125 cm³/mol. The monoisotopic (exact) mass is 444 g/mol. The molecule has 1 N–H and O–H groups in total. The van der Waals surface area contributed by atoms with E-state index in [2.05, 4.69) is 27.1 Å². The second kappa shape index (κ2) is 8.46. The zero-order valence-electron chi connectivity index (χ0n) is 18.9. The second-order valence-corrected chi connectivity index (χ2v) is 9.45. The van der Waals surface area contributed by atoms with Gasteiger partial charge in [0.25, 0.3) is 5.56 Å². The molecular formula is C26H28N4O3. The fourth-order valence-corrected chi connectivity index (χ4v) is 5.36. The number of cyclic esters (lactones) is 1. The SMILES string of the molecule is CC1(C)OC(=O)N([C@H]2CC[C@@H](c3c[nH]c(=O)c(-c4ncccn4)c3)CC2)[C@H]1c1ccccc1. The topological polar surface area (TPSA) is 88.2 Å². The van der Waals surface area contributed by atoms with Crippen LogP contribution in [-0.4, -0.2) is 37.6 Å². The van der Waals surface area contributed by atoms with E-state index in [1.165, 1.54) is 0 Å². The van der Waals surface area contributed by atoms with Crippen molar-refractivity contribution in [1.29, 1.82) is 0 Å². The number of aromatic nitrogens is 3. The summed E-state index contributed by atoms with van der Waals surface area (Å²) in [6.07, 6.45) is 8.48. The van der Waals surface area contributed by atoms with E-state index < -0.39 is 5.60 Å². The zero-order valence-corrected chi connectivity index (χ0v) is 18.9. The Hall–Kier alpha value is -3.48. The van der Waals surface area contributed by atoms with Gasteiger partial charge in [-0.2, -0.15) is 0 Å². The Morgan fingerprint density at radius 3 is 2.36 bits per heavy atom. The van der Waals surface area contributed by atoms with Crippen molar-refractivity contribution in [3.05, 3.63) is 82.5 Å². The van der Waals surface area contributed by atoms with Crippen LogP contribution in [0.2, 0.25) is 0 Å². The van der Waals surface area contributed by atoms with Gasteiger partial charge < -0.3 is 9.72 Å². The van der Waals surface area contributed by atoms with Crippen molar-refractivity contribution in [3.63, 3.8) is 0 Å². The van der Waals surface area contributed by atoms with E-state index in [0.29, 0.717) is 17.3 Å². The number of aromatic amines is 1. The molecule has 0 spiro atoms. The number of nitrogens with zero attached hydrogens (tertiary/aromatic N) is 3. The summed E-state index contributed by atoms with van der Waals surface area (Å²) in [7, 11) is 0. The molecule has 2 fully saturated rings. The van der Waals surface area contributed by atoms with Crippen molar-refractivity contribution < 1.29 is 9.53 Å². The number of carbonyl (C=O) groups is 1. The number of pyridine rings is 1. The summed E-state index contributed by atoms with van der Waals surface area (Å²) in [5, 5.41) is 0. The van der Waals surface area contributed by atoms with Gasteiger partial charge in [-0.1, -0.05) is 30.3 Å². The van der Waals surface area contributed by atoms with E-state index in [-0.39, 0.29) is 23.7 Å². The predicted octanol–water partition coefficient (Wildman–Crippen LogP) is 4.83. The lowest BCUT2D eigenvalue weighted by atomic mass is 9.80. The lowest BCUT2D eigenvalue weighted by molar-refractivity contribution is 0.0664. The largest absolute Gasteiger partial charge is 0.441 e. The second-order valence-electron chi connectivity index (χ2n) is 9.45. The molecule has 2 aromatic heterocycles. The molecule has 5 rings (SSSR count). The van der Waals surface area contributed by atoms with Crippen LogP contribution in [0.4, 0.5) is 4.79 Å². The van der Waals surface area contributed by atoms with Crippen molar-refractivity contribution in [2.45, 2.75) is 63.1 Å². The summed E-state index contributed by atoms with van der Waals surface area (Å²) in [6, 6.07) is 13.8. The molecule has 3 heterocycles. The third-order valence-electron chi connectivity index (χ3n) is 6.91. The van der Waals surface area contributed by atoms with Crippen molar-refractivity contribution in [2.24, 2.45) is 0 Å². The summed E-state index contributed by atoms with van der Waals surface area (Å²) in [5.74, 6) is 0.740. The number of ether oxygens (including phenoxy) is 1. The van der Waals surface area contributed by atoms with E-state index in [9.17, 15) is 9.59 Å². The molecule has 1 saturated carbocycles. The molecule has 0 bridgehead atoms. The first kappa shape index (κ1) is 21.4. The maximum Gasteiger partial charge on any atom is 0.411 e. The highest BCUT2D eigenvalue weighted by Gasteiger charge is 2.51. The highest BCUT2D eigenvalue weighted by Crippen LogP contribution is 2.46. The Bertz CT molecular complexity index is 1180. The van der Waals surface area contributed by atoms with Gasteiger partial charge >= 0.3 is 6.09 Å². The molecule has 170 valence electrons. The minimum absolute atomic E-state index is 0.109. The van der Waals surface area contributed by atoms with Gasteiger partial charge in [-0.15, -0.1) is 0 Å². The molecule has 33 heavy (non-hydrogen) atoms. The van der Waals surface area contributed by atoms with Crippen molar-refractivity contribution >= 4 is 6.09 Å². The maximum atomic E-state index is 12.9. The van der Waals surface area contributed by atoms with Crippen LogP contribution in [0, 0.1) is 0 Å². The van der Waals surface area contributed by atoms with Crippen LogP contribution in [0.25, 0.3) is 11.4 Å².